The van der Waals surface area contributed by atoms with E-state index in [1.54, 1.807) is 5.57 Å². The molecule has 0 aliphatic carbocycles. The lowest BCUT2D eigenvalue weighted by Crippen LogP contribution is -1.86. The Bertz CT molecular complexity index is 220. The second kappa shape index (κ2) is 13.3. The number of rotatable bonds is 11. The lowest BCUT2D eigenvalue weighted by atomic mass is 10.00. The Balaban J connectivity index is 3.83. The van der Waals surface area contributed by atoms with Crippen LogP contribution in [0.5, 0.6) is 0 Å². The Kier molecular flexibility index (Phi) is 12.7. The minimum Gasteiger partial charge on any atom is -0.103 e. The Hall–Kier alpha value is -0.780. The van der Waals surface area contributed by atoms with E-state index < -0.39 is 0 Å². The third-order valence-electron chi connectivity index (χ3n) is 2.98. The normalized spacial score (nSPS) is 12.2. The van der Waals surface area contributed by atoms with Gasteiger partial charge in [0.05, 0.1) is 0 Å². The summed E-state index contributed by atoms with van der Waals surface area (Å²) in [6.07, 6.45) is 20.4. The summed E-state index contributed by atoms with van der Waals surface area (Å²) in [5, 5.41) is 0. The van der Waals surface area contributed by atoms with Gasteiger partial charge in [0.1, 0.15) is 0 Å². The predicted molar refractivity (Wildman–Crippen MR) is 80.3 cm³/mol. The molecule has 0 saturated carbocycles. The van der Waals surface area contributed by atoms with Crippen LogP contribution in [0.4, 0.5) is 0 Å². The summed E-state index contributed by atoms with van der Waals surface area (Å²) in [5.41, 5.74) is 1.68. The standard InChI is InChI=1S/C17H30/c1-4-7-10-12-15-17(14-9-6-3)16-13-11-8-5-2/h4-5,8,14H,1,6-7,9-13,15-16H2,2-3H3. The molecule has 0 nitrogen and oxygen atoms in total. The summed E-state index contributed by atoms with van der Waals surface area (Å²) >= 11 is 0. The highest BCUT2D eigenvalue weighted by molar-refractivity contribution is 5.02. The maximum Gasteiger partial charge on any atom is -0.0317 e. The Labute approximate surface area is 109 Å². The molecule has 0 heterocycles. The fraction of sp³-hybridized carbons (Fsp3) is 0.647. The molecule has 0 heteroatoms. The molecule has 0 aliphatic rings. The lowest BCUT2D eigenvalue weighted by molar-refractivity contribution is 0.697. The van der Waals surface area contributed by atoms with Crippen molar-refractivity contribution in [3.63, 3.8) is 0 Å². The molecule has 0 aliphatic heterocycles. The Morgan fingerprint density at radius 3 is 2.41 bits per heavy atom. The van der Waals surface area contributed by atoms with Gasteiger partial charge in [-0.1, -0.05) is 43.2 Å². The van der Waals surface area contributed by atoms with Crippen LogP contribution < -0.4 is 0 Å². The molecule has 0 aromatic heterocycles. The predicted octanol–water partition coefficient (Wildman–Crippen LogP) is 6.21. The van der Waals surface area contributed by atoms with E-state index in [2.05, 4.69) is 38.7 Å². The Morgan fingerprint density at radius 2 is 1.76 bits per heavy atom. The molecule has 0 N–H and O–H groups in total. The fourth-order valence-corrected chi connectivity index (χ4v) is 1.93. The molecule has 0 aromatic carbocycles. The summed E-state index contributed by atoms with van der Waals surface area (Å²) in [6.45, 7) is 8.13. The van der Waals surface area contributed by atoms with Crippen LogP contribution in [-0.2, 0) is 0 Å². The lowest BCUT2D eigenvalue weighted by Gasteiger charge is -2.06. The van der Waals surface area contributed by atoms with Crippen molar-refractivity contribution in [1.82, 2.24) is 0 Å². The van der Waals surface area contributed by atoms with Gasteiger partial charge in [-0.3, -0.25) is 0 Å². The van der Waals surface area contributed by atoms with E-state index in [1.807, 2.05) is 6.08 Å². The van der Waals surface area contributed by atoms with Crippen LogP contribution in [0, 0.1) is 0 Å². The Morgan fingerprint density at radius 1 is 1.00 bits per heavy atom. The van der Waals surface area contributed by atoms with Crippen LogP contribution >= 0.6 is 0 Å². The van der Waals surface area contributed by atoms with Gasteiger partial charge in [-0.25, -0.2) is 0 Å². The van der Waals surface area contributed by atoms with E-state index in [-0.39, 0.29) is 0 Å². The van der Waals surface area contributed by atoms with Gasteiger partial charge in [0.2, 0.25) is 0 Å². The van der Waals surface area contributed by atoms with Gasteiger partial charge in [0.15, 0.2) is 0 Å². The molecule has 0 bridgehead atoms. The van der Waals surface area contributed by atoms with Crippen molar-refractivity contribution in [2.45, 2.75) is 71.6 Å². The summed E-state index contributed by atoms with van der Waals surface area (Å²) < 4.78 is 0. The molecular formula is C17H30. The van der Waals surface area contributed by atoms with E-state index in [0.29, 0.717) is 0 Å². The van der Waals surface area contributed by atoms with Gasteiger partial charge in [0.25, 0.3) is 0 Å². The smallest absolute Gasteiger partial charge is 0.0317 e. The van der Waals surface area contributed by atoms with Gasteiger partial charge in [-0.05, 0) is 58.3 Å². The molecule has 0 atom stereocenters. The van der Waals surface area contributed by atoms with Crippen LogP contribution in [0.25, 0.3) is 0 Å². The van der Waals surface area contributed by atoms with Gasteiger partial charge in [-0.2, -0.15) is 0 Å². The molecule has 98 valence electrons. The zero-order valence-corrected chi connectivity index (χ0v) is 11.9. The third-order valence-corrected chi connectivity index (χ3v) is 2.98. The molecule has 17 heavy (non-hydrogen) atoms. The van der Waals surface area contributed by atoms with Crippen molar-refractivity contribution in [1.29, 1.82) is 0 Å². The van der Waals surface area contributed by atoms with E-state index >= 15 is 0 Å². The zero-order valence-electron chi connectivity index (χ0n) is 11.9. The first kappa shape index (κ1) is 16.2. The summed E-state index contributed by atoms with van der Waals surface area (Å²) in [4.78, 5) is 0. The van der Waals surface area contributed by atoms with E-state index in [1.165, 1.54) is 57.8 Å². The first-order valence-electron chi connectivity index (χ1n) is 7.25. The number of hydrogen-bond acceptors (Lipinski definition) is 0. The molecule has 0 spiro atoms. The van der Waals surface area contributed by atoms with Crippen molar-refractivity contribution < 1.29 is 0 Å². The van der Waals surface area contributed by atoms with Gasteiger partial charge < -0.3 is 0 Å². The first-order valence-corrected chi connectivity index (χ1v) is 7.25. The largest absolute Gasteiger partial charge is 0.103 e. The molecule has 0 saturated heterocycles. The van der Waals surface area contributed by atoms with Crippen molar-refractivity contribution >= 4 is 0 Å². The topological polar surface area (TPSA) is 0 Å². The van der Waals surface area contributed by atoms with Crippen LogP contribution in [0.2, 0.25) is 0 Å². The fourth-order valence-electron chi connectivity index (χ4n) is 1.93. The van der Waals surface area contributed by atoms with Crippen molar-refractivity contribution in [3.8, 4) is 0 Å². The monoisotopic (exact) mass is 234 g/mol. The van der Waals surface area contributed by atoms with Gasteiger partial charge in [0, 0.05) is 0 Å². The number of hydrogen-bond donors (Lipinski definition) is 0. The highest BCUT2D eigenvalue weighted by Gasteiger charge is 1.97. The maximum absolute atomic E-state index is 3.77. The van der Waals surface area contributed by atoms with Crippen molar-refractivity contribution in [3.05, 3.63) is 36.5 Å². The second-order valence-electron chi connectivity index (χ2n) is 4.65. The van der Waals surface area contributed by atoms with Crippen molar-refractivity contribution in [2.75, 3.05) is 0 Å². The minimum atomic E-state index is 1.17. The van der Waals surface area contributed by atoms with E-state index in [9.17, 15) is 0 Å². The SMILES string of the molecule is C=CCCCCC(=CCCC)CCCC=CC. The minimum absolute atomic E-state index is 1.17. The van der Waals surface area contributed by atoms with Crippen LogP contribution in [0.15, 0.2) is 36.5 Å². The average molecular weight is 234 g/mol. The molecule has 0 amide bonds. The summed E-state index contributed by atoms with van der Waals surface area (Å²) in [5.74, 6) is 0. The van der Waals surface area contributed by atoms with Crippen molar-refractivity contribution in [2.24, 2.45) is 0 Å². The highest BCUT2D eigenvalue weighted by atomic mass is 14.0. The first-order chi connectivity index (χ1) is 8.35. The highest BCUT2D eigenvalue weighted by Crippen LogP contribution is 2.17. The molecular weight excluding hydrogens is 204 g/mol. The zero-order chi connectivity index (χ0) is 12.8. The molecule has 0 rings (SSSR count). The summed E-state index contributed by atoms with van der Waals surface area (Å²) in [6, 6.07) is 0. The molecule has 0 aromatic rings. The molecule has 0 fully saturated rings. The number of allylic oxidation sites excluding steroid dienone is 5. The quantitative estimate of drug-likeness (QED) is 0.295. The van der Waals surface area contributed by atoms with Gasteiger partial charge >= 0.3 is 0 Å². The van der Waals surface area contributed by atoms with Gasteiger partial charge in [-0.15, -0.1) is 6.58 Å². The van der Waals surface area contributed by atoms with Crippen LogP contribution in [0.1, 0.15) is 71.6 Å². The average Bonchev–Trinajstić information content (AvgIpc) is 2.35. The van der Waals surface area contributed by atoms with E-state index in [0.717, 1.165) is 0 Å². The molecule has 0 radical (unpaired) electrons. The maximum atomic E-state index is 3.77. The van der Waals surface area contributed by atoms with E-state index in [4.69, 9.17) is 0 Å². The van der Waals surface area contributed by atoms with Crippen LogP contribution in [0.3, 0.4) is 0 Å². The van der Waals surface area contributed by atoms with Crippen LogP contribution in [-0.4, -0.2) is 0 Å². The third kappa shape index (κ3) is 11.5. The molecule has 0 unspecified atom stereocenters. The number of unbranched alkanes of at least 4 members (excludes halogenated alkanes) is 4. The summed E-state index contributed by atoms with van der Waals surface area (Å²) in [7, 11) is 0. The second-order valence-corrected chi connectivity index (χ2v) is 4.65.